The number of nitrogens with one attached hydrogen (secondary N) is 1. The molecule has 150 valence electrons. The van der Waals surface area contributed by atoms with E-state index in [1.54, 1.807) is 18.2 Å². The van der Waals surface area contributed by atoms with E-state index in [0.717, 1.165) is 25.9 Å². The lowest BCUT2D eigenvalue weighted by Crippen LogP contribution is -2.37. The Hall–Kier alpha value is -3.06. The van der Waals surface area contributed by atoms with E-state index in [1.807, 2.05) is 0 Å². The average molecular weight is 396 g/mol. The first-order valence-electron chi connectivity index (χ1n) is 9.65. The van der Waals surface area contributed by atoms with Crippen molar-refractivity contribution in [2.45, 2.75) is 19.3 Å². The Labute approximate surface area is 166 Å². The van der Waals surface area contributed by atoms with Gasteiger partial charge in [-0.2, -0.15) is 0 Å². The molecule has 2 aromatic carbocycles. The van der Waals surface area contributed by atoms with Crippen molar-refractivity contribution < 1.29 is 18.4 Å². The zero-order valence-corrected chi connectivity index (χ0v) is 15.8. The van der Waals surface area contributed by atoms with Gasteiger partial charge in [-0.05, 0) is 74.3 Å². The zero-order chi connectivity index (χ0) is 20.4. The van der Waals surface area contributed by atoms with Crippen LogP contribution in [-0.4, -0.2) is 41.1 Å². The van der Waals surface area contributed by atoms with Crippen molar-refractivity contribution in [2.24, 2.45) is 5.92 Å². The van der Waals surface area contributed by atoms with Crippen LogP contribution in [0.4, 0.5) is 4.39 Å². The van der Waals surface area contributed by atoms with E-state index in [0.29, 0.717) is 35.2 Å². The molecule has 29 heavy (non-hydrogen) atoms. The lowest BCUT2D eigenvalue weighted by Gasteiger charge is -2.31. The van der Waals surface area contributed by atoms with Crippen molar-refractivity contribution >= 4 is 22.7 Å². The first-order valence-corrected chi connectivity index (χ1v) is 9.65. The summed E-state index contributed by atoms with van der Waals surface area (Å²) in [5, 5.41) is 0. The van der Waals surface area contributed by atoms with E-state index in [9.17, 15) is 18.8 Å². The average Bonchev–Trinajstić information content (AvgIpc) is 3.09. The number of halogens is 1. The molecular weight excluding hydrogens is 375 g/mol. The molecule has 1 aromatic heterocycles. The van der Waals surface area contributed by atoms with Crippen LogP contribution in [0.25, 0.3) is 11.1 Å². The van der Waals surface area contributed by atoms with Crippen molar-refractivity contribution in [2.75, 3.05) is 19.6 Å². The molecule has 0 spiro atoms. The van der Waals surface area contributed by atoms with Gasteiger partial charge in [0.15, 0.2) is 17.1 Å². The summed E-state index contributed by atoms with van der Waals surface area (Å²) in [6, 6.07) is 10.6. The Bertz CT molecular complexity index is 1090. The minimum Gasteiger partial charge on any atom is -0.408 e. The van der Waals surface area contributed by atoms with Gasteiger partial charge in [-0.3, -0.25) is 19.5 Å². The number of ketones is 2. The number of aromatic amines is 1. The number of oxazole rings is 1. The summed E-state index contributed by atoms with van der Waals surface area (Å²) in [6.45, 7) is 1.78. The predicted molar refractivity (Wildman–Crippen MR) is 106 cm³/mol. The van der Waals surface area contributed by atoms with Gasteiger partial charge in [0.25, 0.3) is 0 Å². The molecule has 6 nitrogen and oxygen atoms in total. The van der Waals surface area contributed by atoms with Crippen molar-refractivity contribution in [1.29, 1.82) is 0 Å². The monoisotopic (exact) mass is 396 g/mol. The first kappa shape index (κ1) is 19.3. The second kappa shape index (κ2) is 8.13. The minimum atomic E-state index is -0.540. The molecule has 3 aromatic rings. The lowest BCUT2D eigenvalue weighted by atomic mass is 9.89. The van der Waals surface area contributed by atoms with Crippen LogP contribution in [0.5, 0.6) is 0 Å². The molecule has 7 heteroatoms. The molecular formula is C22H21FN2O4. The molecule has 4 rings (SSSR count). The molecule has 0 atom stereocenters. The zero-order valence-electron chi connectivity index (χ0n) is 15.8. The van der Waals surface area contributed by atoms with Gasteiger partial charge < -0.3 is 4.42 Å². The number of benzene rings is 2. The molecule has 1 aliphatic heterocycles. The number of carbonyl (C=O) groups is 2. The van der Waals surface area contributed by atoms with Crippen LogP contribution in [0.3, 0.4) is 0 Å². The molecule has 1 N–H and O–H groups in total. The Morgan fingerprint density at radius 2 is 1.72 bits per heavy atom. The second-order valence-electron chi connectivity index (χ2n) is 7.50. The Balaban J connectivity index is 1.29. The smallest absolute Gasteiger partial charge is 0.408 e. The predicted octanol–water partition coefficient (Wildman–Crippen LogP) is 3.43. The summed E-state index contributed by atoms with van der Waals surface area (Å²) in [5.74, 6) is -0.624. The summed E-state index contributed by atoms with van der Waals surface area (Å²) < 4.78 is 18.0. The van der Waals surface area contributed by atoms with E-state index < -0.39 is 5.76 Å². The number of likely N-dealkylation sites (tertiary alicyclic amines) is 1. The van der Waals surface area contributed by atoms with E-state index in [-0.39, 0.29) is 23.3 Å². The number of carbonyl (C=O) groups excluding carboxylic acids is 2. The van der Waals surface area contributed by atoms with E-state index in [1.165, 1.54) is 24.3 Å². The molecule has 2 heterocycles. The number of rotatable bonds is 6. The lowest BCUT2D eigenvalue weighted by molar-refractivity contribution is 0.0855. The molecule has 0 aliphatic carbocycles. The maximum atomic E-state index is 13.0. The number of nitrogens with zero attached hydrogens (tertiary/aromatic N) is 1. The third kappa shape index (κ3) is 4.51. The summed E-state index contributed by atoms with van der Waals surface area (Å²) in [4.78, 5) is 40.8. The van der Waals surface area contributed by atoms with Gasteiger partial charge >= 0.3 is 5.76 Å². The maximum absolute atomic E-state index is 13.0. The molecule has 1 saturated heterocycles. The topological polar surface area (TPSA) is 83.4 Å². The summed E-state index contributed by atoms with van der Waals surface area (Å²) in [6.07, 6.45) is 2.12. The molecule has 1 fully saturated rings. The van der Waals surface area contributed by atoms with Crippen molar-refractivity contribution in [3.05, 3.63) is 70.0 Å². The van der Waals surface area contributed by atoms with Gasteiger partial charge in [-0.1, -0.05) is 0 Å². The number of Topliss-reactive ketones (excluding diaryl/α,β-unsaturated/α-hetero) is 2. The van der Waals surface area contributed by atoms with E-state index in [2.05, 4.69) is 9.88 Å². The number of piperidine rings is 1. The van der Waals surface area contributed by atoms with Crippen LogP contribution in [0.1, 0.15) is 40.0 Å². The Morgan fingerprint density at radius 1 is 1.03 bits per heavy atom. The van der Waals surface area contributed by atoms with Gasteiger partial charge in [-0.15, -0.1) is 0 Å². The van der Waals surface area contributed by atoms with Crippen molar-refractivity contribution in [3.63, 3.8) is 0 Å². The van der Waals surface area contributed by atoms with Gasteiger partial charge in [0.2, 0.25) is 0 Å². The van der Waals surface area contributed by atoms with Gasteiger partial charge in [0.05, 0.1) is 12.1 Å². The van der Waals surface area contributed by atoms with Crippen LogP contribution in [0, 0.1) is 11.7 Å². The fourth-order valence-corrected chi connectivity index (χ4v) is 3.78. The van der Waals surface area contributed by atoms with Crippen molar-refractivity contribution in [1.82, 2.24) is 9.88 Å². The fourth-order valence-electron chi connectivity index (χ4n) is 3.78. The highest BCUT2D eigenvalue weighted by Crippen LogP contribution is 2.23. The van der Waals surface area contributed by atoms with Crippen LogP contribution >= 0.6 is 0 Å². The SMILES string of the molecule is O=C(CC1CCN(CC(=O)c2ccc3[nH]c(=O)oc3c2)CC1)c1ccc(F)cc1. The fraction of sp³-hybridized carbons (Fsp3) is 0.318. The molecule has 0 radical (unpaired) electrons. The third-order valence-electron chi connectivity index (χ3n) is 5.46. The quantitative estimate of drug-likeness (QED) is 0.646. The number of hydrogen-bond donors (Lipinski definition) is 1. The van der Waals surface area contributed by atoms with Crippen LogP contribution in [-0.2, 0) is 0 Å². The maximum Gasteiger partial charge on any atom is 0.417 e. The van der Waals surface area contributed by atoms with Gasteiger partial charge in [0, 0.05) is 17.5 Å². The number of hydrogen-bond acceptors (Lipinski definition) is 5. The second-order valence-corrected chi connectivity index (χ2v) is 7.50. The highest BCUT2D eigenvalue weighted by molar-refractivity contribution is 6.00. The largest absolute Gasteiger partial charge is 0.417 e. The normalized spacial score (nSPS) is 15.6. The number of fused-ring (bicyclic) bond motifs is 1. The standard InChI is InChI=1S/C22H21FN2O4/c23-17-4-1-15(2-5-17)19(26)11-14-7-9-25(10-8-14)13-20(27)16-3-6-18-21(12-16)29-22(28)24-18/h1-6,12,14H,7-11,13H2,(H,24,28). The molecule has 0 unspecified atom stereocenters. The third-order valence-corrected chi connectivity index (χ3v) is 5.46. The van der Waals surface area contributed by atoms with E-state index in [4.69, 9.17) is 4.42 Å². The highest BCUT2D eigenvalue weighted by atomic mass is 19.1. The summed E-state index contributed by atoms with van der Waals surface area (Å²) >= 11 is 0. The molecule has 1 aliphatic rings. The van der Waals surface area contributed by atoms with Crippen LogP contribution < -0.4 is 5.76 Å². The highest BCUT2D eigenvalue weighted by Gasteiger charge is 2.23. The number of H-pyrrole nitrogens is 1. The Morgan fingerprint density at radius 3 is 2.45 bits per heavy atom. The first-order chi connectivity index (χ1) is 14.0. The molecule has 0 bridgehead atoms. The van der Waals surface area contributed by atoms with Gasteiger partial charge in [0.1, 0.15) is 5.82 Å². The van der Waals surface area contributed by atoms with Gasteiger partial charge in [-0.25, -0.2) is 9.18 Å². The summed E-state index contributed by atoms with van der Waals surface area (Å²) in [5.41, 5.74) is 1.99. The van der Waals surface area contributed by atoms with Crippen LogP contribution in [0.15, 0.2) is 51.7 Å². The van der Waals surface area contributed by atoms with E-state index >= 15 is 0 Å². The molecule has 0 amide bonds. The van der Waals surface area contributed by atoms with Crippen LogP contribution in [0.2, 0.25) is 0 Å². The summed E-state index contributed by atoms with van der Waals surface area (Å²) in [7, 11) is 0. The van der Waals surface area contributed by atoms with Crippen molar-refractivity contribution in [3.8, 4) is 0 Å². The number of aromatic nitrogens is 1. The minimum absolute atomic E-state index is 0.0285. The Kier molecular flexibility index (Phi) is 5.40. The molecule has 0 saturated carbocycles.